The molecule has 0 bridgehead atoms. The zero-order chi connectivity index (χ0) is 18.7. The van der Waals surface area contributed by atoms with Crippen LogP contribution in [0.25, 0.3) is 0 Å². The van der Waals surface area contributed by atoms with Gasteiger partial charge in [0.2, 0.25) is 11.6 Å². The Balaban J connectivity index is 2.33. The lowest BCUT2D eigenvalue weighted by atomic mass is 9.48. The van der Waals surface area contributed by atoms with Crippen LogP contribution in [0.2, 0.25) is 0 Å². The third kappa shape index (κ3) is 2.28. The molecular weight excluding hydrogens is 320 g/mol. The third-order valence-electron chi connectivity index (χ3n) is 6.48. The maximum Gasteiger partial charge on any atom is 0.233 e. The quantitative estimate of drug-likeness (QED) is 0.456. The highest BCUT2D eigenvalue weighted by Gasteiger charge is 2.59. The van der Waals surface area contributed by atoms with Crippen molar-refractivity contribution in [3.05, 3.63) is 22.5 Å². The first kappa shape index (κ1) is 18.1. The number of hydrogen-bond acceptors (Lipinski definition) is 5. The summed E-state index contributed by atoms with van der Waals surface area (Å²) in [5.74, 6) is -2.35. The summed E-state index contributed by atoms with van der Waals surface area (Å²) < 4.78 is 0. The van der Waals surface area contributed by atoms with Crippen LogP contribution in [0, 0.1) is 22.7 Å². The molecule has 0 unspecified atom stereocenters. The van der Waals surface area contributed by atoms with Crippen LogP contribution < -0.4 is 0 Å². The molecule has 0 spiro atoms. The van der Waals surface area contributed by atoms with E-state index in [2.05, 4.69) is 0 Å². The number of Topliss-reactive ketones (excluding diaryl/α,β-unsaturated/α-hetero) is 2. The van der Waals surface area contributed by atoms with Gasteiger partial charge in [0.1, 0.15) is 12.0 Å². The van der Waals surface area contributed by atoms with Crippen molar-refractivity contribution in [1.29, 1.82) is 0 Å². The molecule has 25 heavy (non-hydrogen) atoms. The van der Waals surface area contributed by atoms with E-state index in [9.17, 15) is 24.6 Å². The molecule has 1 saturated carbocycles. The molecule has 0 aliphatic heterocycles. The lowest BCUT2D eigenvalue weighted by Gasteiger charge is -2.54. The monoisotopic (exact) mass is 346 g/mol. The molecule has 136 valence electrons. The summed E-state index contributed by atoms with van der Waals surface area (Å²) in [5.41, 5.74) is -1.14. The molecule has 0 aromatic rings. The smallest absolute Gasteiger partial charge is 0.233 e. The number of carbonyl (C=O) groups is 3. The van der Waals surface area contributed by atoms with Gasteiger partial charge in [0, 0.05) is 16.7 Å². The first-order chi connectivity index (χ1) is 11.6. The fraction of sp³-hybridized carbons (Fsp3) is 0.650. The Morgan fingerprint density at radius 2 is 1.80 bits per heavy atom. The van der Waals surface area contributed by atoms with E-state index in [0.717, 1.165) is 19.1 Å². The van der Waals surface area contributed by atoms with Crippen molar-refractivity contribution >= 4 is 17.9 Å². The van der Waals surface area contributed by atoms with Crippen molar-refractivity contribution in [2.45, 2.75) is 59.5 Å². The van der Waals surface area contributed by atoms with Crippen LogP contribution in [0.15, 0.2) is 22.5 Å². The SMILES string of the molecule is CC(C)C1=C(O)C2=C(C(=O)C1=O)[C@@]1(C=O)CCCC(C)(C)[C@@H]1C[C@@H]2O. The van der Waals surface area contributed by atoms with Crippen molar-refractivity contribution in [2.24, 2.45) is 22.7 Å². The number of aldehydes is 1. The summed E-state index contributed by atoms with van der Waals surface area (Å²) in [5, 5.41) is 21.4. The Morgan fingerprint density at radius 1 is 1.16 bits per heavy atom. The molecule has 3 aliphatic carbocycles. The molecule has 0 amide bonds. The summed E-state index contributed by atoms with van der Waals surface area (Å²) >= 11 is 0. The normalized spacial score (nSPS) is 35.0. The minimum Gasteiger partial charge on any atom is -0.507 e. The number of hydrogen-bond donors (Lipinski definition) is 2. The second kappa shape index (κ2) is 5.63. The summed E-state index contributed by atoms with van der Waals surface area (Å²) in [6.45, 7) is 7.52. The number of rotatable bonds is 2. The highest BCUT2D eigenvalue weighted by molar-refractivity contribution is 6.51. The Labute approximate surface area is 147 Å². The summed E-state index contributed by atoms with van der Waals surface area (Å²) in [6, 6.07) is 0. The highest BCUT2D eigenvalue weighted by atomic mass is 16.3. The summed E-state index contributed by atoms with van der Waals surface area (Å²) in [7, 11) is 0. The van der Waals surface area contributed by atoms with Gasteiger partial charge in [-0.15, -0.1) is 0 Å². The predicted octanol–water partition coefficient (Wildman–Crippen LogP) is 2.68. The van der Waals surface area contributed by atoms with Gasteiger partial charge in [0.05, 0.1) is 11.5 Å². The second-order valence-electron chi connectivity index (χ2n) is 8.67. The minimum atomic E-state index is -1.10. The highest BCUT2D eigenvalue weighted by Crippen LogP contribution is 2.60. The molecule has 0 aromatic heterocycles. The molecular formula is C20H26O5. The zero-order valence-corrected chi connectivity index (χ0v) is 15.3. The average molecular weight is 346 g/mol. The van der Waals surface area contributed by atoms with E-state index in [4.69, 9.17) is 0 Å². The van der Waals surface area contributed by atoms with E-state index in [1.54, 1.807) is 13.8 Å². The fourth-order valence-corrected chi connectivity index (χ4v) is 5.30. The van der Waals surface area contributed by atoms with E-state index < -0.39 is 23.1 Å². The van der Waals surface area contributed by atoms with E-state index in [1.807, 2.05) is 13.8 Å². The van der Waals surface area contributed by atoms with Gasteiger partial charge in [-0.3, -0.25) is 9.59 Å². The number of allylic oxidation sites excluding steroid dienone is 2. The molecule has 3 aliphatic rings. The molecule has 0 aromatic carbocycles. The molecule has 1 fully saturated rings. The van der Waals surface area contributed by atoms with Gasteiger partial charge in [-0.25, -0.2) is 0 Å². The van der Waals surface area contributed by atoms with Crippen LogP contribution in [0.4, 0.5) is 0 Å². The molecule has 0 radical (unpaired) electrons. The van der Waals surface area contributed by atoms with Crippen LogP contribution in [0.3, 0.4) is 0 Å². The second-order valence-corrected chi connectivity index (χ2v) is 8.67. The van der Waals surface area contributed by atoms with E-state index in [0.29, 0.717) is 12.8 Å². The molecule has 3 rings (SSSR count). The first-order valence-electron chi connectivity index (χ1n) is 9.00. The molecule has 2 N–H and O–H groups in total. The molecule has 0 heterocycles. The lowest BCUT2D eigenvalue weighted by molar-refractivity contribution is -0.138. The van der Waals surface area contributed by atoms with E-state index in [1.165, 1.54) is 0 Å². The average Bonchev–Trinajstić information content (AvgIpc) is 2.52. The van der Waals surface area contributed by atoms with Gasteiger partial charge >= 0.3 is 0 Å². The van der Waals surface area contributed by atoms with Crippen molar-refractivity contribution in [3.8, 4) is 0 Å². The van der Waals surface area contributed by atoms with Gasteiger partial charge in [-0.2, -0.15) is 0 Å². The van der Waals surface area contributed by atoms with Gasteiger partial charge in [0.25, 0.3) is 0 Å². The Morgan fingerprint density at radius 3 is 2.36 bits per heavy atom. The van der Waals surface area contributed by atoms with Gasteiger partial charge in [-0.05, 0) is 36.5 Å². The third-order valence-corrected chi connectivity index (χ3v) is 6.48. The maximum absolute atomic E-state index is 13.0. The number of carbonyl (C=O) groups excluding carboxylic acids is 3. The van der Waals surface area contributed by atoms with Gasteiger partial charge in [-0.1, -0.05) is 34.1 Å². The summed E-state index contributed by atoms with van der Waals surface area (Å²) in [6.07, 6.45) is 2.18. The topological polar surface area (TPSA) is 91.7 Å². The van der Waals surface area contributed by atoms with E-state index >= 15 is 0 Å². The van der Waals surface area contributed by atoms with Crippen molar-refractivity contribution < 1.29 is 24.6 Å². The maximum atomic E-state index is 13.0. The first-order valence-corrected chi connectivity index (χ1v) is 9.00. The summed E-state index contributed by atoms with van der Waals surface area (Å²) in [4.78, 5) is 37.9. The predicted molar refractivity (Wildman–Crippen MR) is 91.8 cm³/mol. The van der Waals surface area contributed by atoms with Crippen LogP contribution in [-0.2, 0) is 14.4 Å². The molecule has 3 atom stereocenters. The molecule has 5 nitrogen and oxygen atoms in total. The number of fused-ring (bicyclic) bond motifs is 2. The zero-order valence-electron chi connectivity index (χ0n) is 15.3. The van der Waals surface area contributed by atoms with Crippen molar-refractivity contribution in [1.82, 2.24) is 0 Å². The lowest BCUT2D eigenvalue weighted by Crippen LogP contribution is -2.54. The van der Waals surface area contributed by atoms with Crippen LogP contribution in [0.5, 0.6) is 0 Å². The van der Waals surface area contributed by atoms with Gasteiger partial charge in [0.15, 0.2) is 0 Å². The van der Waals surface area contributed by atoms with Crippen LogP contribution in [0.1, 0.15) is 53.4 Å². The number of aliphatic hydroxyl groups is 2. The fourth-order valence-electron chi connectivity index (χ4n) is 5.30. The number of aliphatic hydroxyl groups excluding tert-OH is 2. The molecule has 5 heteroatoms. The number of ketones is 2. The largest absolute Gasteiger partial charge is 0.507 e. The molecule has 0 saturated heterocycles. The van der Waals surface area contributed by atoms with Crippen LogP contribution >= 0.6 is 0 Å². The standard InChI is InChI=1S/C20H26O5/c1-10(2)13-16(23)14-11(22)8-12-19(3,4)6-5-7-20(12,9-21)15(14)18(25)17(13)24/h9-12,22-23H,5-8H2,1-4H3/t11-,12-,20+/m0/s1. The van der Waals surface area contributed by atoms with Crippen molar-refractivity contribution in [2.75, 3.05) is 0 Å². The Bertz CT molecular complexity index is 724. The van der Waals surface area contributed by atoms with Gasteiger partial charge < -0.3 is 15.0 Å². The Hall–Kier alpha value is -1.75. The Kier molecular flexibility index (Phi) is 4.06. The van der Waals surface area contributed by atoms with E-state index in [-0.39, 0.29) is 39.7 Å². The van der Waals surface area contributed by atoms with Crippen LogP contribution in [-0.4, -0.2) is 34.2 Å². The minimum absolute atomic E-state index is 0.0392. The van der Waals surface area contributed by atoms with Crippen molar-refractivity contribution in [3.63, 3.8) is 0 Å².